The van der Waals surface area contributed by atoms with E-state index in [0.717, 1.165) is 29.1 Å². The number of ether oxygens (including phenoxy) is 1. The summed E-state index contributed by atoms with van der Waals surface area (Å²) in [6.07, 6.45) is 1.04. The van der Waals surface area contributed by atoms with Crippen molar-refractivity contribution in [2.75, 3.05) is 12.4 Å². The summed E-state index contributed by atoms with van der Waals surface area (Å²) < 4.78 is 5.24. The second-order valence-electron chi connectivity index (χ2n) is 6.43. The highest BCUT2D eigenvalue weighted by Gasteiger charge is 2.11. The molecule has 0 aliphatic heterocycles. The molecule has 2 heterocycles. The van der Waals surface area contributed by atoms with Crippen LogP contribution in [0.2, 0.25) is 0 Å². The van der Waals surface area contributed by atoms with Crippen LogP contribution in [0.3, 0.4) is 0 Å². The number of aromatic nitrogens is 1. The minimum Gasteiger partial charge on any atom is -0.504 e. The molecule has 0 bridgehead atoms. The number of phenolic OH excluding ortho intramolecular Hbond substituents is 1. The number of hydrogen-bond donors (Lipinski definition) is 2. The van der Waals surface area contributed by atoms with Crippen molar-refractivity contribution in [2.24, 2.45) is 0 Å². The molecule has 0 fully saturated rings. The number of aryl methyl sites for hydroxylation is 1. The second kappa shape index (κ2) is 7.79. The zero-order valence-corrected chi connectivity index (χ0v) is 16.4. The van der Waals surface area contributed by atoms with Crippen LogP contribution in [0, 0.1) is 0 Å². The SMILES string of the molecule is CCc1ccc(-c2cc(NC(C)C)nc(-c3ccc(O)c(OC)c3)c2)s1. The first-order chi connectivity index (χ1) is 12.5. The topological polar surface area (TPSA) is 54.4 Å². The minimum atomic E-state index is 0.124. The van der Waals surface area contributed by atoms with Crippen molar-refractivity contribution in [1.82, 2.24) is 4.98 Å². The van der Waals surface area contributed by atoms with Gasteiger partial charge in [-0.05, 0) is 68.3 Å². The fourth-order valence-corrected chi connectivity index (χ4v) is 3.69. The maximum absolute atomic E-state index is 9.86. The number of rotatable bonds is 6. The quantitative estimate of drug-likeness (QED) is 0.597. The van der Waals surface area contributed by atoms with Crippen molar-refractivity contribution in [3.8, 4) is 33.2 Å². The van der Waals surface area contributed by atoms with E-state index in [9.17, 15) is 5.11 Å². The summed E-state index contributed by atoms with van der Waals surface area (Å²) in [7, 11) is 1.55. The van der Waals surface area contributed by atoms with Crippen molar-refractivity contribution in [3.63, 3.8) is 0 Å². The highest BCUT2D eigenvalue weighted by molar-refractivity contribution is 7.15. The van der Waals surface area contributed by atoms with Crippen LogP contribution in [-0.4, -0.2) is 23.2 Å². The van der Waals surface area contributed by atoms with Gasteiger partial charge in [-0.2, -0.15) is 0 Å². The molecule has 0 amide bonds. The number of methoxy groups -OCH3 is 1. The minimum absolute atomic E-state index is 0.124. The summed E-state index contributed by atoms with van der Waals surface area (Å²) in [5.41, 5.74) is 2.88. The Morgan fingerprint density at radius 2 is 1.92 bits per heavy atom. The molecule has 2 aromatic heterocycles. The Bertz CT molecular complexity index is 903. The van der Waals surface area contributed by atoms with Gasteiger partial charge in [0, 0.05) is 21.4 Å². The first-order valence-corrected chi connectivity index (χ1v) is 9.57. The third-order valence-corrected chi connectivity index (χ3v) is 5.31. The number of nitrogens with zero attached hydrogens (tertiary/aromatic N) is 1. The zero-order chi connectivity index (χ0) is 18.7. The summed E-state index contributed by atoms with van der Waals surface area (Å²) in [6, 6.07) is 14.1. The van der Waals surface area contributed by atoms with E-state index in [4.69, 9.17) is 9.72 Å². The molecule has 0 aliphatic rings. The maximum atomic E-state index is 9.86. The monoisotopic (exact) mass is 368 g/mol. The molecule has 3 rings (SSSR count). The first kappa shape index (κ1) is 18.3. The average Bonchev–Trinajstić information content (AvgIpc) is 3.10. The van der Waals surface area contributed by atoms with Gasteiger partial charge in [0.05, 0.1) is 12.8 Å². The molecular formula is C21H24N2O2S. The van der Waals surface area contributed by atoms with E-state index in [1.165, 1.54) is 9.75 Å². The predicted molar refractivity (Wildman–Crippen MR) is 109 cm³/mol. The molecule has 2 N–H and O–H groups in total. The summed E-state index contributed by atoms with van der Waals surface area (Å²) in [5, 5.41) is 13.3. The normalized spacial score (nSPS) is 11.0. The molecule has 0 saturated carbocycles. The standard InChI is InChI=1S/C21H24N2O2S/c1-5-16-7-9-20(26-16)15-10-17(23-21(12-15)22-13(2)3)14-6-8-18(24)19(11-14)25-4/h6-13,24H,5H2,1-4H3,(H,22,23). The van der Waals surface area contributed by atoms with E-state index < -0.39 is 0 Å². The Labute approximate surface area is 158 Å². The number of phenols is 1. The van der Waals surface area contributed by atoms with Crippen LogP contribution in [0.4, 0.5) is 5.82 Å². The third kappa shape index (κ3) is 3.99. The molecule has 0 spiro atoms. The Morgan fingerprint density at radius 3 is 2.58 bits per heavy atom. The lowest BCUT2D eigenvalue weighted by Crippen LogP contribution is -2.11. The molecule has 1 aromatic carbocycles. The lowest BCUT2D eigenvalue weighted by atomic mass is 10.1. The lowest BCUT2D eigenvalue weighted by molar-refractivity contribution is 0.373. The van der Waals surface area contributed by atoms with Gasteiger partial charge in [-0.25, -0.2) is 4.98 Å². The highest BCUT2D eigenvalue weighted by atomic mass is 32.1. The molecular weight excluding hydrogens is 344 g/mol. The fraction of sp³-hybridized carbons (Fsp3) is 0.286. The molecule has 0 aliphatic carbocycles. The van der Waals surface area contributed by atoms with Crippen molar-refractivity contribution in [1.29, 1.82) is 0 Å². The molecule has 0 atom stereocenters. The Morgan fingerprint density at radius 1 is 1.12 bits per heavy atom. The summed E-state index contributed by atoms with van der Waals surface area (Å²) in [5.74, 6) is 1.40. The van der Waals surface area contributed by atoms with Crippen molar-refractivity contribution < 1.29 is 9.84 Å². The van der Waals surface area contributed by atoms with Gasteiger partial charge < -0.3 is 15.2 Å². The smallest absolute Gasteiger partial charge is 0.161 e. The van der Waals surface area contributed by atoms with E-state index in [0.29, 0.717) is 5.75 Å². The Hall–Kier alpha value is -2.53. The number of pyridine rings is 1. The van der Waals surface area contributed by atoms with Gasteiger partial charge in [-0.3, -0.25) is 0 Å². The maximum Gasteiger partial charge on any atom is 0.161 e. The van der Waals surface area contributed by atoms with Gasteiger partial charge >= 0.3 is 0 Å². The van der Waals surface area contributed by atoms with Gasteiger partial charge in [0.25, 0.3) is 0 Å². The number of benzene rings is 1. The van der Waals surface area contributed by atoms with Crippen LogP contribution in [0.25, 0.3) is 21.7 Å². The Balaban J connectivity index is 2.10. The van der Waals surface area contributed by atoms with Crippen LogP contribution < -0.4 is 10.1 Å². The summed E-state index contributed by atoms with van der Waals surface area (Å²) >= 11 is 1.81. The van der Waals surface area contributed by atoms with Gasteiger partial charge in [-0.15, -0.1) is 11.3 Å². The summed E-state index contributed by atoms with van der Waals surface area (Å²) in [4.78, 5) is 7.35. The van der Waals surface area contributed by atoms with Crippen molar-refractivity contribution >= 4 is 17.2 Å². The first-order valence-electron chi connectivity index (χ1n) is 8.75. The molecule has 0 saturated heterocycles. The van der Waals surface area contributed by atoms with Crippen LogP contribution in [0.1, 0.15) is 25.6 Å². The van der Waals surface area contributed by atoms with Crippen LogP contribution in [-0.2, 0) is 6.42 Å². The number of nitrogens with one attached hydrogen (secondary N) is 1. The predicted octanol–water partition coefficient (Wildman–Crippen LogP) is 5.57. The van der Waals surface area contributed by atoms with E-state index in [1.54, 1.807) is 13.2 Å². The molecule has 3 aromatic rings. The van der Waals surface area contributed by atoms with E-state index in [2.05, 4.69) is 50.4 Å². The fourth-order valence-electron chi connectivity index (χ4n) is 2.75. The Kier molecular flexibility index (Phi) is 5.47. The number of thiophene rings is 1. The average molecular weight is 369 g/mol. The van der Waals surface area contributed by atoms with Crippen molar-refractivity contribution in [3.05, 3.63) is 47.3 Å². The molecule has 5 heteroatoms. The van der Waals surface area contributed by atoms with E-state index >= 15 is 0 Å². The van der Waals surface area contributed by atoms with Crippen LogP contribution >= 0.6 is 11.3 Å². The largest absolute Gasteiger partial charge is 0.504 e. The van der Waals surface area contributed by atoms with Gasteiger partial charge in [0.2, 0.25) is 0 Å². The molecule has 0 radical (unpaired) electrons. The zero-order valence-electron chi connectivity index (χ0n) is 15.5. The molecule has 136 valence electrons. The van der Waals surface area contributed by atoms with Crippen molar-refractivity contribution in [2.45, 2.75) is 33.2 Å². The van der Waals surface area contributed by atoms with Crippen LogP contribution in [0.5, 0.6) is 11.5 Å². The van der Waals surface area contributed by atoms with Gasteiger partial charge in [0.15, 0.2) is 11.5 Å². The number of anilines is 1. The third-order valence-electron chi connectivity index (χ3n) is 4.03. The molecule has 4 nitrogen and oxygen atoms in total. The lowest BCUT2D eigenvalue weighted by Gasteiger charge is -2.13. The highest BCUT2D eigenvalue weighted by Crippen LogP contribution is 2.35. The number of aromatic hydroxyl groups is 1. The van der Waals surface area contributed by atoms with Gasteiger partial charge in [0.1, 0.15) is 5.82 Å². The molecule has 0 unspecified atom stereocenters. The summed E-state index contributed by atoms with van der Waals surface area (Å²) in [6.45, 7) is 6.36. The van der Waals surface area contributed by atoms with E-state index in [-0.39, 0.29) is 11.8 Å². The van der Waals surface area contributed by atoms with Gasteiger partial charge in [-0.1, -0.05) is 6.92 Å². The second-order valence-corrected chi connectivity index (χ2v) is 7.60. The molecule has 26 heavy (non-hydrogen) atoms. The number of hydrogen-bond acceptors (Lipinski definition) is 5. The van der Waals surface area contributed by atoms with E-state index in [1.807, 2.05) is 23.5 Å². The van der Waals surface area contributed by atoms with Crippen LogP contribution in [0.15, 0.2) is 42.5 Å².